The summed E-state index contributed by atoms with van der Waals surface area (Å²) in [5.41, 5.74) is 4.05. The Balaban J connectivity index is 1.45. The van der Waals surface area contributed by atoms with Crippen LogP contribution in [0.3, 0.4) is 0 Å². The van der Waals surface area contributed by atoms with Crippen LogP contribution in [-0.2, 0) is 12.8 Å². The standard InChI is InChI=1S/C23H37N5/c1-4-6-14-28-15-11-20(12-16-28)27-23(24-3)25-13-10-19-17-26-22-18(5-2)8-7-9-21(19)22/h7-9,17,20,26H,4-6,10-16H2,1-3H3,(H2,24,25,27). The van der Waals surface area contributed by atoms with Gasteiger partial charge in [0.25, 0.3) is 0 Å². The molecule has 0 radical (unpaired) electrons. The van der Waals surface area contributed by atoms with Crippen LogP contribution in [0.4, 0.5) is 0 Å². The molecule has 0 atom stereocenters. The minimum atomic E-state index is 0.532. The number of hydrogen-bond acceptors (Lipinski definition) is 2. The van der Waals surface area contributed by atoms with Crippen LogP contribution in [0.1, 0.15) is 50.7 Å². The van der Waals surface area contributed by atoms with E-state index in [1.165, 1.54) is 67.3 Å². The predicted octanol–water partition coefficient (Wildman–Crippen LogP) is 3.70. The summed E-state index contributed by atoms with van der Waals surface area (Å²) in [7, 11) is 1.87. The predicted molar refractivity (Wildman–Crippen MR) is 120 cm³/mol. The zero-order chi connectivity index (χ0) is 19.8. The smallest absolute Gasteiger partial charge is 0.191 e. The minimum Gasteiger partial charge on any atom is -0.361 e. The fraction of sp³-hybridized carbons (Fsp3) is 0.609. The molecule has 0 aliphatic carbocycles. The van der Waals surface area contributed by atoms with Crippen LogP contribution in [0.5, 0.6) is 0 Å². The van der Waals surface area contributed by atoms with Gasteiger partial charge >= 0.3 is 0 Å². The van der Waals surface area contributed by atoms with Gasteiger partial charge in [-0.05, 0) is 49.8 Å². The topological polar surface area (TPSA) is 55.4 Å². The Morgan fingerprint density at radius 1 is 1.21 bits per heavy atom. The molecule has 5 heteroatoms. The van der Waals surface area contributed by atoms with E-state index in [1.807, 2.05) is 7.05 Å². The Hall–Kier alpha value is -2.01. The first-order valence-electron chi connectivity index (χ1n) is 11.0. The summed E-state index contributed by atoms with van der Waals surface area (Å²) >= 11 is 0. The van der Waals surface area contributed by atoms with Crippen molar-refractivity contribution >= 4 is 16.9 Å². The monoisotopic (exact) mass is 383 g/mol. The molecule has 5 nitrogen and oxygen atoms in total. The van der Waals surface area contributed by atoms with Crippen molar-refractivity contribution in [2.45, 2.75) is 58.4 Å². The van der Waals surface area contributed by atoms with E-state index in [2.05, 4.69) is 63.8 Å². The van der Waals surface area contributed by atoms with Gasteiger partial charge in [0.2, 0.25) is 0 Å². The van der Waals surface area contributed by atoms with Crippen LogP contribution < -0.4 is 10.6 Å². The molecule has 0 spiro atoms. The average molecular weight is 384 g/mol. The van der Waals surface area contributed by atoms with Crippen molar-refractivity contribution in [3.8, 4) is 0 Å². The molecule has 0 unspecified atom stereocenters. The second-order valence-electron chi connectivity index (χ2n) is 7.87. The summed E-state index contributed by atoms with van der Waals surface area (Å²) in [5, 5.41) is 8.48. The molecule has 3 N–H and O–H groups in total. The fourth-order valence-corrected chi connectivity index (χ4v) is 4.16. The number of aromatic amines is 1. The van der Waals surface area contributed by atoms with Gasteiger partial charge in [-0.3, -0.25) is 4.99 Å². The number of para-hydroxylation sites is 1. The highest BCUT2D eigenvalue weighted by Crippen LogP contribution is 2.22. The molecule has 28 heavy (non-hydrogen) atoms. The van der Waals surface area contributed by atoms with E-state index in [0.29, 0.717) is 6.04 Å². The highest BCUT2D eigenvalue weighted by Gasteiger charge is 2.19. The third kappa shape index (κ3) is 5.28. The lowest BCUT2D eigenvalue weighted by Gasteiger charge is -2.33. The Morgan fingerprint density at radius 2 is 2.04 bits per heavy atom. The van der Waals surface area contributed by atoms with Crippen molar-refractivity contribution in [3.05, 3.63) is 35.5 Å². The molecule has 2 aromatic rings. The van der Waals surface area contributed by atoms with Gasteiger partial charge in [0.05, 0.1) is 0 Å². The molecule has 0 bridgehead atoms. The third-order valence-electron chi connectivity index (χ3n) is 5.94. The number of piperidine rings is 1. The van der Waals surface area contributed by atoms with Crippen molar-refractivity contribution in [2.24, 2.45) is 4.99 Å². The van der Waals surface area contributed by atoms with Gasteiger partial charge in [-0.1, -0.05) is 38.5 Å². The summed E-state index contributed by atoms with van der Waals surface area (Å²) in [6.07, 6.45) is 9.21. The van der Waals surface area contributed by atoms with Crippen LogP contribution in [0.2, 0.25) is 0 Å². The van der Waals surface area contributed by atoms with E-state index in [9.17, 15) is 0 Å². The number of hydrogen-bond donors (Lipinski definition) is 3. The maximum absolute atomic E-state index is 4.43. The van der Waals surface area contributed by atoms with Crippen LogP contribution in [0.25, 0.3) is 10.9 Å². The molecule has 154 valence electrons. The lowest BCUT2D eigenvalue weighted by molar-refractivity contribution is 0.203. The van der Waals surface area contributed by atoms with Crippen molar-refractivity contribution in [1.82, 2.24) is 20.5 Å². The minimum absolute atomic E-state index is 0.532. The largest absolute Gasteiger partial charge is 0.361 e. The number of nitrogens with one attached hydrogen (secondary N) is 3. The highest BCUT2D eigenvalue weighted by atomic mass is 15.2. The molecule has 1 aromatic carbocycles. The molecule has 1 saturated heterocycles. The summed E-state index contributed by atoms with van der Waals surface area (Å²) < 4.78 is 0. The quantitative estimate of drug-likeness (QED) is 0.481. The van der Waals surface area contributed by atoms with E-state index in [1.54, 1.807) is 0 Å². The van der Waals surface area contributed by atoms with E-state index in [4.69, 9.17) is 0 Å². The summed E-state index contributed by atoms with van der Waals surface area (Å²) in [6, 6.07) is 7.13. The third-order valence-corrected chi connectivity index (χ3v) is 5.94. The van der Waals surface area contributed by atoms with Crippen LogP contribution in [-0.4, -0.2) is 55.1 Å². The molecule has 1 aliphatic heterocycles. The lowest BCUT2D eigenvalue weighted by atomic mass is 10.0. The van der Waals surface area contributed by atoms with Crippen LogP contribution in [0, 0.1) is 0 Å². The number of rotatable bonds is 8. The molecule has 0 saturated carbocycles. The number of benzene rings is 1. The van der Waals surface area contributed by atoms with Crippen molar-refractivity contribution in [2.75, 3.05) is 33.2 Å². The number of H-pyrrole nitrogens is 1. The first-order valence-corrected chi connectivity index (χ1v) is 11.0. The van der Waals surface area contributed by atoms with Gasteiger partial charge in [-0.15, -0.1) is 0 Å². The summed E-state index contributed by atoms with van der Waals surface area (Å²) in [6.45, 7) is 9.01. The zero-order valence-electron chi connectivity index (χ0n) is 17.9. The van der Waals surface area contributed by atoms with Crippen LogP contribution >= 0.6 is 0 Å². The number of aromatic nitrogens is 1. The Labute approximate surface area is 170 Å². The van der Waals surface area contributed by atoms with E-state index >= 15 is 0 Å². The van der Waals surface area contributed by atoms with Gasteiger partial charge in [-0.25, -0.2) is 0 Å². The van der Waals surface area contributed by atoms with E-state index < -0.39 is 0 Å². The van der Waals surface area contributed by atoms with Crippen LogP contribution in [0.15, 0.2) is 29.4 Å². The average Bonchev–Trinajstić information content (AvgIpc) is 3.15. The van der Waals surface area contributed by atoms with Gasteiger partial charge < -0.3 is 20.5 Å². The van der Waals surface area contributed by atoms with Crippen molar-refractivity contribution < 1.29 is 0 Å². The summed E-state index contributed by atoms with van der Waals surface area (Å²) in [4.78, 5) is 10.5. The number of guanidine groups is 1. The molecule has 2 heterocycles. The van der Waals surface area contributed by atoms with E-state index in [0.717, 1.165) is 25.3 Å². The van der Waals surface area contributed by atoms with Gasteiger partial charge in [-0.2, -0.15) is 0 Å². The van der Waals surface area contributed by atoms with Gasteiger partial charge in [0.15, 0.2) is 5.96 Å². The Bertz CT molecular complexity index is 755. The SMILES string of the molecule is CCCCN1CCC(NC(=NC)NCCc2c[nH]c3c(CC)cccc23)CC1. The number of fused-ring (bicyclic) bond motifs is 1. The molecule has 1 fully saturated rings. The molecule has 1 aromatic heterocycles. The molecule has 0 amide bonds. The lowest BCUT2D eigenvalue weighted by Crippen LogP contribution is -2.49. The number of aliphatic imine (C=N–C) groups is 1. The van der Waals surface area contributed by atoms with E-state index in [-0.39, 0.29) is 0 Å². The Kier molecular flexibility index (Phi) is 7.78. The first kappa shape index (κ1) is 20.7. The van der Waals surface area contributed by atoms with Gasteiger partial charge in [0, 0.05) is 49.8 Å². The number of unbranched alkanes of at least 4 members (excludes halogenated alkanes) is 1. The van der Waals surface area contributed by atoms with Gasteiger partial charge in [0.1, 0.15) is 0 Å². The fourth-order valence-electron chi connectivity index (χ4n) is 4.16. The molecular weight excluding hydrogens is 346 g/mol. The number of nitrogens with zero attached hydrogens (tertiary/aromatic N) is 2. The Morgan fingerprint density at radius 3 is 2.75 bits per heavy atom. The normalized spacial score (nSPS) is 16.6. The van der Waals surface area contributed by atoms with Crippen molar-refractivity contribution in [3.63, 3.8) is 0 Å². The van der Waals surface area contributed by atoms with Crippen molar-refractivity contribution in [1.29, 1.82) is 0 Å². The molecule has 3 rings (SSSR count). The highest BCUT2D eigenvalue weighted by molar-refractivity contribution is 5.86. The molecular formula is C23H37N5. The zero-order valence-corrected chi connectivity index (χ0v) is 17.9. The number of likely N-dealkylation sites (tertiary alicyclic amines) is 1. The summed E-state index contributed by atoms with van der Waals surface area (Å²) in [5.74, 6) is 0.932. The maximum atomic E-state index is 4.43. The maximum Gasteiger partial charge on any atom is 0.191 e. The second kappa shape index (κ2) is 10.5. The second-order valence-corrected chi connectivity index (χ2v) is 7.87. The number of aryl methyl sites for hydroxylation is 1. The first-order chi connectivity index (χ1) is 13.7. The molecule has 1 aliphatic rings.